The van der Waals surface area contributed by atoms with E-state index in [1.807, 2.05) is 0 Å². The Morgan fingerprint density at radius 3 is 2.44 bits per heavy atom. The molecular formula is C14H11BrClF3N4OS. The van der Waals surface area contributed by atoms with E-state index in [1.54, 1.807) is 28.0 Å². The summed E-state index contributed by atoms with van der Waals surface area (Å²) in [4.78, 5) is 15.9. The first kappa shape index (κ1) is 18.4. The highest BCUT2D eigenvalue weighted by Gasteiger charge is 2.36. The minimum atomic E-state index is -4.49. The van der Waals surface area contributed by atoms with Crippen molar-refractivity contribution in [3.8, 4) is 0 Å². The van der Waals surface area contributed by atoms with Gasteiger partial charge in [-0.15, -0.1) is 10.2 Å². The van der Waals surface area contributed by atoms with Crippen LogP contribution in [0.1, 0.15) is 15.4 Å². The SMILES string of the molecule is O=C(c1ccc(Br)cc1Cl)N1CCN(c2nnc(C(F)(F)F)s2)CC1. The number of carbonyl (C=O) groups is 1. The number of amides is 1. The van der Waals surface area contributed by atoms with E-state index in [1.165, 1.54) is 0 Å². The number of aromatic nitrogens is 2. The monoisotopic (exact) mass is 454 g/mol. The Morgan fingerprint density at radius 1 is 1.20 bits per heavy atom. The number of nitrogens with zero attached hydrogens (tertiary/aromatic N) is 4. The molecule has 1 aliphatic heterocycles. The summed E-state index contributed by atoms with van der Waals surface area (Å²) in [6.45, 7) is 1.50. The van der Waals surface area contributed by atoms with Gasteiger partial charge in [-0.2, -0.15) is 13.2 Å². The summed E-state index contributed by atoms with van der Waals surface area (Å²) in [6.07, 6.45) is -4.49. The fourth-order valence-corrected chi connectivity index (χ4v) is 3.91. The fourth-order valence-electron chi connectivity index (χ4n) is 2.39. The zero-order valence-electron chi connectivity index (χ0n) is 12.6. The summed E-state index contributed by atoms with van der Waals surface area (Å²) in [5.41, 5.74) is 0.397. The second kappa shape index (κ2) is 7.08. The maximum absolute atomic E-state index is 12.6. The van der Waals surface area contributed by atoms with Crippen molar-refractivity contribution >= 4 is 49.9 Å². The van der Waals surface area contributed by atoms with E-state index in [0.29, 0.717) is 48.1 Å². The Kier molecular flexibility index (Phi) is 5.21. The van der Waals surface area contributed by atoms with E-state index in [2.05, 4.69) is 26.1 Å². The standard InChI is InChI=1S/C14H11BrClF3N4OS/c15-8-1-2-9(10(16)7-8)11(24)22-3-5-23(6-4-22)13-21-20-12(25-13)14(17,18)19/h1-2,7H,3-6H2. The van der Waals surface area contributed by atoms with Gasteiger partial charge in [0, 0.05) is 30.7 Å². The third kappa shape index (κ3) is 4.06. The van der Waals surface area contributed by atoms with Crippen LogP contribution in [0.15, 0.2) is 22.7 Å². The molecule has 1 aromatic heterocycles. The zero-order chi connectivity index (χ0) is 18.2. The number of piperazine rings is 1. The molecule has 0 N–H and O–H groups in total. The van der Waals surface area contributed by atoms with Crippen LogP contribution in [0.2, 0.25) is 5.02 Å². The number of benzene rings is 1. The van der Waals surface area contributed by atoms with Crippen LogP contribution in [-0.4, -0.2) is 47.2 Å². The van der Waals surface area contributed by atoms with Crippen molar-refractivity contribution in [2.75, 3.05) is 31.1 Å². The van der Waals surface area contributed by atoms with Crippen LogP contribution in [0, 0.1) is 0 Å². The summed E-state index contributed by atoms with van der Waals surface area (Å²) in [7, 11) is 0. The van der Waals surface area contributed by atoms with Gasteiger partial charge < -0.3 is 9.80 Å². The highest BCUT2D eigenvalue weighted by Crippen LogP contribution is 2.34. The molecule has 1 amide bonds. The lowest BCUT2D eigenvalue weighted by molar-refractivity contribution is -0.138. The van der Waals surface area contributed by atoms with Gasteiger partial charge in [-0.1, -0.05) is 38.9 Å². The molecule has 0 radical (unpaired) electrons. The Labute approximate surface area is 158 Å². The number of carbonyl (C=O) groups excluding carboxylic acids is 1. The molecule has 25 heavy (non-hydrogen) atoms. The molecule has 0 unspecified atom stereocenters. The van der Waals surface area contributed by atoms with Crippen molar-refractivity contribution in [2.24, 2.45) is 0 Å². The Morgan fingerprint density at radius 2 is 1.88 bits per heavy atom. The van der Waals surface area contributed by atoms with Gasteiger partial charge in [-0.3, -0.25) is 4.79 Å². The molecular weight excluding hydrogens is 445 g/mol. The quantitative estimate of drug-likeness (QED) is 0.688. The zero-order valence-corrected chi connectivity index (χ0v) is 15.7. The van der Waals surface area contributed by atoms with Crippen LogP contribution in [-0.2, 0) is 6.18 Å². The van der Waals surface area contributed by atoms with E-state index in [0.717, 1.165) is 4.47 Å². The van der Waals surface area contributed by atoms with Crippen LogP contribution in [0.25, 0.3) is 0 Å². The molecule has 11 heteroatoms. The van der Waals surface area contributed by atoms with Crippen LogP contribution in [0.3, 0.4) is 0 Å². The van der Waals surface area contributed by atoms with Crippen molar-refractivity contribution in [1.82, 2.24) is 15.1 Å². The van der Waals surface area contributed by atoms with Crippen LogP contribution in [0.5, 0.6) is 0 Å². The lowest BCUT2D eigenvalue weighted by Crippen LogP contribution is -2.48. The second-order valence-electron chi connectivity index (χ2n) is 5.29. The largest absolute Gasteiger partial charge is 0.445 e. The highest BCUT2D eigenvalue weighted by atomic mass is 79.9. The lowest BCUT2D eigenvalue weighted by Gasteiger charge is -2.34. The maximum atomic E-state index is 12.6. The van der Waals surface area contributed by atoms with Gasteiger partial charge in [0.25, 0.3) is 5.91 Å². The van der Waals surface area contributed by atoms with Crippen molar-refractivity contribution in [1.29, 1.82) is 0 Å². The molecule has 0 atom stereocenters. The average molecular weight is 456 g/mol. The molecule has 1 aromatic carbocycles. The van der Waals surface area contributed by atoms with Gasteiger partial charge in [0.1, 0.15) is 0 Å². The van der Waals surface area contributed by atoms with Crippen LogP contribution in [0.4, 0.5) is 18.3 Å². The molecule has 0 bridgehead atoms. The van der Waals surface area contributed by atoms with Crippen molar-refractivity contribution in [2.45, 2.75) is 6.18 Å². The number of hydrogen-bond acceptors (Lipinski definition) is 5. The molecule has 5 nitrogen and oxygen atoms in total. The fraction of sp³-hybridized carbons (Fsp3) is 0.357. The highest BCUT2D eigenvalue weighted by molar-refractivity contribution is 9.10. The van der Waals surface area contributed by atoms with Gasteiger partial charge >= 0.3 is 6.18 Å². The molecule has 1 aliphatic rings. The first-order valence-corrected chi connectivity index (χ1v) is 9.14. The maximum Gasteiger partial charge on any atom is 0.445 e. The first-order chi connectivity index (χ1) is 11.8. The summed E-state index contributed by atoms with van der Waals surface area (Å²) in [5, 5.41) is 6.37. The van der Waals surface area contributed by atoms with Gasteiger partial charge in [0.05, 0.1) is 10.6 Å². The Balaban J connectivity index is 1.65. The number of halogens is 5. The molecule has 0 aliphatic carbocycles. The minimum absolute atomic E-state index is 0.203. The Bertz CT molecular complexity index is 793. The molecule has 0 saturated carbocycles. The lowest BCUT2D eigenvalue weighted by atomic mass is 10.2. The number of alkyl halides is 3. The number of anilines is 1. The van der Waals surface area contributed by atoms with Gasteiger partial charge in [0.15, 0.2) is 0 Å². The molecule has 1 fully saturated rings. The molecule has 1 saturated heterocycles. The van der Waals surface area contributed by atoms with E-state index < -0.39 is 11.2 Å². The first-order valence-electron chi connectivity index (χ1n) is 7.15. The molecule has 2 aromatic rings. The summed E-state index contributed by atoms with van der Waals surface area (Å²) >= 11 is 9.89. The third-order valence-electron chi connectivity index (χ3n) is 3.66. The predicted molar refractivity (Wildman–Crippen MR) is 92.2 cm³/mol. The third-order valence-corrected chi connectivity index (χ3v) is 5.49. The number of rotatable bonds is 2. The summed E-state index contributed by atoms with van der Waals surface area (Å²) < 4.78 is 38.6. The average Bonchev–Trinajstić information content (AvgIpc) is 3.05. The molecule has 3 rings (SSSR count). The minimum Gasteiger partial charge on any atom is -0.343 e. The van der Waals surface area contributed by atoms with Crippen molar-refractivity contribution in [3.05, 3.63) is 38.3 Å². The second-order valence-corrected chi connectivity index (χ2v) is 7.57. The van der Waals surface area contributed by atoms with E-state index in [4.69, 9.17) is 11.6 Å². The van der Waals surface area contributed by atoms with Gasteiger partial charge in [0.2, 0.25) is 10.1 Å². The van der Waals surface area contributed by atoms with E-state index in [-0.39, 0.29) is 11.0 Å². The molecule has 0 spiro atoms. The normalized spacial score (nSPS) is 15.6. The summed E-state index contributed by atoms with van der Waals surface area (Å²) in [6, 6.07) is 5.02. The topological polar surface area (TPSA) is 49.3 Å². The summed E-state index contributed by atoms with van der Waals surface area (Å²) in [5.74, 6) is -0.203. The predicted octanol–water partition coefficient (Wildman–Crippen LogP) is 3.94. The van der Waals surface area contributed by atoms with E-state index >= 15 is 0 Å². The smallest absolute Gasteiger partial charge is 0.343 e. The Hall–Kier alpha value is -1.39. The molecule has 134 valence electrons. The molecule has 2 heterocycles. The van der Waals surface area contributed by atoms with Gasteiger partial charge in [-0.05, 0) is 18.2 Å². The number of hydrogen-bond donors (Lipinski definition) is 0. The van der Waals surface area contributed by atoms with Crippen LogP contribution < -0.4 is 4.90 Å². The van der Waals surface area contributed by atoms with Crippen molar-refractivity contribution < 1.29 is 18.0 Å². The van der Waals surface area contributed by atoms with Crippen molar-refractivity contribution in [3.63, 3.8) is 0 Å². The van der Waals surface area contributed by atoms with Gasteiger partial charge in [-0.25, -0.2) is 0 Å². The van der Waals surface area contributed by atoms with E-state index in [9.17, 15) is 18.0 Å². The van der Waals surface area contributed by atoms with Crippen LogP contribution >= 0.6 is 38.9 Å².